The fourth-order valence-corrected chi connectivity index (χ4v) is 2.94. The highest BCUT2D eigenvalue weighted by atomic mass is 16.5. The maximum atomic E-state index is 5.97. The number of ether oxygens (including phenoxy) is 1. The summed E-state index contributed by atoms with van der Waals surface area (Å²) in [4.78, 5) is 0. The van der Waals surface area contributed by atoms with E-state index in [2.05, 4.69) is 31.2 Å². The van der Waals surface area contributed by atoms with Gasteiger partial charge in [-0.2, -0.15) is 0 Å². The molecule has 1 saturated carbocycles. The molecule has 2 nitrogen and oxygen atoms in total. The van der Waals surface area contributed by atoms with Crippen LogP contribution in [-0.4, -0.2) is 13.2 Å². The van der Waals surface area contributed by atoms with E-state index in [0.717, 1.165) is 18.8 Å². The molecular formula is C18H27NO. The third kappa shape index (κ3) is 4.38. The van der Waals surface area contributed by atoms with Crippen LogP contribution in [0.15, 0.2) is 29.8 Å². The highest BCUT2D eigenvalue weighted by Crippen LogP contribution is 2.30. The molecule has 1 aromatic rings. The van der Waals surface area contributed by atoms with Gasteiger partial charge >= 0.3 is 0 Å². The van der Waals surface area contributed by atoms with E-state index in [1.165, 1.54) is 43.2 Å². The molecule has 0 amide bonds. The molecule has 20 heavy (non-hydrogen) atoms. The second-order valence-corrected chi connectivity index (χ2v) is 5.68. The van der Waals surface area contributed by atoms with Crippen LogP contribution < -0.4 is 10.5 Å². The lowest BCUT2D eigenvalue weighted by molar-refractivity contribution is 0.317. The van der Waals surface area contributed by atoms with Crippen molar-refractivity contribution in [2.45, 2.75) is 45.4 Å². The fraction of sp³-hybridized carbons (Fsp3) is 0.556. The first-order valence-corrected chi connectivity index (χ1v) is 7.97. The molecule has 0 heterocycles. The molecule has 0 unspecified atom stereocenters. The molecule has 110 valence electrons. The molecule has 0 bridgehead atoms. The molecule has 1 aliphatic carbocycles. The quantitative estimate of drug-likeness (QED) is 0.834. The van der Waals surface area contributed by atoms with Crippen molar-refractivity contribution in [1.29, 1.82) is 0 Å². The van der Waals surface area contributed by atoms with Gasteiger partial charge in [0.05, 0.1) is 6.61 Å². The molecule has 0 spiro atoms. The van der Waals surface area contributed by atoms with E-state index < -0.39 is 0 Å². The Morgan fingerprint density at radius 3 is 2.80 bits per heavy atom. The van der Waals surface area contributed by atoms with E-state index in [-0.39, 0.29) is 0 Å². The lowest BCUT2D eigenvalue weighted by Crippen LogP contribution is -2.16. The summed E-state index contributed by atoms with van der Waals surface area (Å²) in [5.74, 6) is 1.65. The zero-order chi connectivity index (χ0) is 14.2. The number of rotatable bonds is 6. The Hall–Kier alpha value is -1.28. The Labute approximate surface area is 123 Å². The first kappa shape index (κ1) is 15.1. The molecule has 0 atom stereocenters. The van der Waals surface area contributed by atoms with E-state index in [4.69, 9.17) is 10.5 Å². The Balaban J connectivity index is 2.09. The molecular weight excluding hydrogens is 246 g/mol. The Bertz CT molecular complexity index is 433. The SMILES string of the molecule is CCCOc1cccc(/C=C(/CN)C2CCCCC2)c1. The Morgan fingerprint density at radius 1 is 1.30 bits per heavy atom. The van der Waals surface area contributed by atoms with Gasteiger partial charge in [-0.1, -0.05) is 50.0 Å². The minimum atomic E-state index is 0.671. The van der Waals surface area contributed by atoms with Crippen LogP contribution in [0.4, 0.5) is 0 Å². The summed E-state index contributed by atoms with van der Waals surface area (Å²) in [5, 5.41) is 0. The van der Waals surface area contributed by atoms with Crippen LogP contribution in [0.1, 0.15) is 51.0 Å². The summed E-state index contributed by atoms with van der Waals surface area (Å²) in [6.45, 7) is 3.57. The third-order valence-corrected chi connectivity index (χ3v) is 4.05. The lowest BCUT2D eigenvalue weighted by atomic mass is 9.83. The highest BCUT2D eigenvalue weighted by molar-refractivity contribution is 5.55. The standard InChI is InChI=1S/C18H27NO/c1-2-11-20-18-10-6-7-15(13-18)12-17(14-19)16-8-4-3-5-9-16/h6-7,10,12-13,16H,2-5,8-9,11,14,19H2,1H3/b17-12-. The third-order valence-electron chi connectivity index (χ3n) is 4.05. The van der Waals surface area contributed by atoms with Crippen molar-refractivity contribution in [2.75, 3.05) is 13.2 Å². The van der Waals surface area contributed by atoms with E-state index in [1.54, 1.807) is 0 Å². The van der Waals surface area contributed by atoms with Crippen LogP contribution in [0.3, 0.4) is 0 Å². The maximum absolute atomic E-state index is 5.97. The normalized spacial score (nSPS) is 17.2. The Kier molecular flexibility index (Phi) is 6.13. The predicted molar refractivity (Wildman–Crippen MR) is 85.8 cm³/mol. The molecule has 2 N–H and O–H groups in total. The zero-order valence-electron chi connectivity index (χ0n) is 12.6. The smallest absolute Gasteiger partial charge is 0.119 e. The maximum Gasteiger partial charge on any atom is 0.119 e. The van der Waals surface area contributed by atoms with E-state index in [0.29, 0.717) is 12.5 Å². The monoisotopic (exact) mass is 273 g/mol. The van der Waals surface area contributed by atoms with Crippen LogP contribution in [0, 0.1) is 5.92 Å². The van der Waals surface area contributed by atoms with Crippen LogP contribution in [0.5, 0.6) is 5.75 Å². The van der Waals surface area contributed by atoms with Gasteiger partial charge in [-0.05, 0) is 42.9 Å². The first-order valence-electron chi connectivity index (χ1n) is 7.97. The van der Waals surface area contributed by atoms with Crippen LogP contribution >= 0.6 is 0 Å². The summed E-state index contributed by atoms with van der Waals surface area (Å²) < 4.78 is 5.70. The summed E-state index contributed by atoms with van der Waals surface area (Å²) in [7, 11) is 0. The van der Waals surface area contributed by atoms with Crippen molar-refractivity contribution in [1.82, 2.24) is 0 Å². The topological polar surface area (TPSA) is 35.2 Å². The first-order chi connectivity index (χ1) is 9.83. The number of nitrogens with two attached hydrogens (primary N) is 1. The van der Waals surface area contributed by atoms with Crippen molar-refractivity contribution < 1.29 is 4.74 Å². The van der Waals surface area contributed by atoms with Crippen LogP contribution in [0.25, 0.3) is 6.08 Å². The second-order valence-electron chi connectivity index (χ2n) is 5.68. The summed E-state index contributed by atoms with van der Waals surface area (Å²) in [5.41, 5.74) is 8.58. The number of benzene rings is 1. The van der Waals surface area contributed by atoms with Crippen LogP contribution in [0.2, 0.25) is 0 Å². The Morgan fingerprint density at radius 2 is 2.10 bits per heavy atom. The number of hydrogen-bond acceptors (Lipinski definition) is 2. The van der Waals surface area contributed by atoms with Gasteiger partial charge in [0.15, 0.2) is 0 Å². The van der Waals surface area contributed by atoms with E-state index in [9.17, 15) is 0 Å². The van der Waals surface area contributed by atoms with Gasteiger partial charge in [0.25, 0.3) is 0 Å². The molecule has 2 rings (SSSR count). The predicted octanol–water partition coefficient (Wildman–Crippen LogP) is 4.40. The summed E-state index contributed by atoms with van der Waals surface area (Å²) in [6.07, 6.45) is 9.99. The van der Waals surface area contributed by atoms with Crippen LogP contribution in [-0.2, 0) is 0 Å². The zero-order valence-corrected chi connectivity index (χ0v) is 12.6. The molecule has 1 aliphatic rings. The minimum Gasteiger partial charge on any atom is -0.494 e. The summed E-state index contributed by atoms with van der Waals surface area (Å²) in [6, 6.07) is 8.34. The molecule has 0 aromatic heterocycles. The van der Waals surface area contributed by atoms with Crippen molar-refractivity contribution in [3.63, 3.8) is 0 Å². The van der Waals surface area contributed by atoms with Crippen molar-refractivity contribution in [2.24, 2.45) is 11.7 Å². The molecule has 1 aromatic carbocycles. The van der Waals surface area contributed by atoms with Gasteiger partial charge in [0, 0.05) is 6.54 Å². The molecule has 0 aliphatic heterocycles. The van der Waals surface area contributed by atoms with Gasteiger partial charge < -0.3 is 10.5 Å². The van der Waals surface area contributed by atoms with E-state index in [1.807, 2.05) is 6.07 Å². The van der Waals surface area contributed by atoms with Crippen molar-refractivity contribution in [3.05, 3.63) is 35.4 Å². The van der Waals surface area contributed by atoms with Gasteiger partial charge in [0.2, 0.25) is 0 Å². The molecule has 0 radical (unpaired) electrons. The molecule has 1 fully saturated rings. The van der Waals surface area contributed by atoms with Crippen molar-refractivity contribution >= 4 is 6.08 Å². The number of hydrogen-bond donors (Lipinski definition) is 1. The second kappa shape index (κ2) is 8.11. The largest absolute Gasteiger partial charge is 0.494 e. The summed E-state index contributed by atoms with van der Waals surface area (Å²) >= 11 is 0. The highest BCUT2D eigenvalue weighted by Gasteiger charge is 2.16. The average molecular weight is 273 g/mol. The molecule has 2 heteroatoms. The fourth-order valence-electron chi connectivity index (χ4n) is 2.94. The van der Waals surface area contributed by atoms with Gasteiger partial charge in [-0.3, -0.25) is 0 Å². The molecule has 0 saturated heterocycles. The van der Waals surface area contributed by atoms with Gasteiger partial charge in [0.1, 0.15) is 5.75 Å². The minimum absolute atomic E-state index is 0.671. The van der Waals surface area contributed by atoms with Crippen molar-refractivity contribution in [3.8, 4) is 5.75 Å². The average Bonchev–Trinajstić information content (AvgIpc) is 2.52. The van der Waals surface area contributed by atoms with Gasteiger partial charge in [-0.15, -0.1) is 0 Å². The lowest BCUT2D eigenvalue weighted by Gasteiger charge is -2.24. The van der Waals surface area contributed by atoms with E-state index >= 15 is 0 Å². The van der Waals surface area contributed by atoms with Gasteiger partial charge in [-0.25, -0.2) is 0 Å².